The Balaban J connectivity index is 1.55. The van der Waals surface area contributed by atoms with Gasteiger partial charge in [0.1, 0.15) is 5.76 Å². The van der Waals surface area contributed by atoms with Gasteiger partial charge in [-0.15, -0.1) is 0 Å². The third kappa shape index (κ3) is 2.58. The SMILES string of the molecule is Cc1cc(C(=O)N2CCC[C@H](c3ccc4cn[nH]c4n3)C2)no1. The fourth-order valence-electron chi connectivity index (χ4n) is 3.10. The predicted octanol–water partition coefficient (Wildman–Crippen LogP) is 2.27. The van der Waals surface area contributed by atoms with E-state index >= 15 is 0 Å². The first-order valence-corrected chi connectivity index (χ1v) is 7.73. The molecule has 118 valence electrons. The van der Waals surface area contributed by atoms with Crippen molar-refractivity contribution in [2.75, 3.05) is 13.1 Å². The van der Waals surface area contributed by atoms with Crippen LogP contribution in [0.3, 0.4) is 0 Å². The molecular weight excluding hydrogens is 294 g/mol. The lowest BCUT2D eigenvalue weighted by Crippen LogP contribution is -2.39. The highest BCUT2D eigenvalue weighted by Gasteiger charge is 2.28. The van der Waals surface area contributed by atoms with Crippen molar-refractivity contribution in [2.24, 2.45) is 0 Å². The average molecular weight is 311 g/mol. The molecule has 7 nitrogen and oxygen atoms in total. The molecule has 1 amide bonds. The van der Waals surface area contributed by atoms with E-state index in [4.69, 9.17) is 4.52 Å². The number of hydrogen-bond acceptors (Lipinski definition) is 5. The molecule has 0 saturated carbocycles. The highest BCUT2D eigenvalue weighted by molar-refractivity contribution is 5.92. The van der Waals surface area contributed by atoms with Crippen molar-refractivity contribution >= 4 is 16.9 Å². The minimum absolute atomic E-state index is 0.0748. The van der Waals surface area contributed by atoms with Crippen molar-refractivity contribution in [2.45, 2.75) is 25.7 Å². The van der Waals surface area contributed by atoms with Gasteiger partial charge in [-0.05, 0) is 31.9 Å². The Morgan fingerprint density at radius 3 is 3.17 bits per heavy atom. The van der Waals surface area contributed by atoms with Crippen LogP contribution in [-0.4, -0.2) is 44.2 Å². The van der Waals surface area contributed by atoms with Gasteiger partial charge in [-0.1, -0.05) is 5.16 Å². The summed E-state index contributed by atoms with van der Waals surface area (Å²) in [5.74, 6) is 0.802. The fraction of sp³-hybridized carbons (Fsp3) is 0.375. The topological polar surface area (TPSA) is 87.9 Å². The number of H-pyrrole nitrogens is 1. The number of fused-ring (bicyclic) bond motifs is 1. The number of piperidine rings is 1. The molecule has 1 aliphatic heterocycles. The number of hydrogen-bond donors (Lipinski definition) is 1. The van der Waals surface area contributed by atoms with E-state index in [9.17, 15) is 4.79 Å². The van der Waals surface area contributed by atoms with Gasteiger partial charge in [0, 0.05) is 36.2 Å². The first-order chi connectivity index (χ1) is 11.2. The van der Waals surface area contributed by atoms with Gasteiger partial charge in [0.15, 0.2) is 11.3 Å². The van der Waals surface area contributed by atoms with E-state index in [1.165, 1.54) is 0 Å². The van der Waals surface area contributed by atoms with Crippen molar-refractivity contribution in [3.05, 3.63) is 41.5 Å². The van der Waals surface area contributed by atoms with Gasteiger partial charge in [-0.2, -0.15) is 5.10 Å². The number of amides is 1. The van der Waals surface area contributed by atoms with Crippen LogP contribution in [0.15, 0.2) is 28.9 Å². The zero-order valence-electron chi connectivity index (χ0n) is 12.8. The van der Waals surface area contributed by atoms with Crippen molar-refractivity contribution in [1.82, 2.24) is 25.2 Å². The van der Waals surface area contributed by atoms with Gasteiger partial charge in [0.2, 0.25) is 0 Å². The number of nitrogens with one attached hydrogen (secondary N) is 1. The Hall–Kier alpha value is -2.70. The van der Waals surface area contributed by atoms with Crippen LogP contribution in [0, 0.1) is 6.92 Å². The molecule has 23 heavy (non-hydrogen) atoms. The molecule has 0 aliphatic carbocycles. The third-order valence-corrected chi connectivity index (χ3v) is 4.30. The van der Waals surface area contributed by atoms with Crippen LogP contribution >= 0.6 is 0 Å². The second-order valence-electron chi connectivity index (χ2n) is 5.96. The number of aromatic amines is 1. The lowest BCUT2D eigenvalue weighted by atomic mass is 9.94. The number of carbonyl (C=O) groups excluding carboxylic acids is 1. The largest absolute Gasteiger partial charge is 0.361 e. The van der Waals surface area contributed by atoms with E-state index in [2.05, 4.69) is 20.3 Å². The first kappa shape index (κ1) is 13.9. The second kappa shape index (κ2) is 5.49. The van der Waals surface area contributed by atoms with E-state index in [1.54, 1.807) is 19.2 Å². The Morgan fingerprint density at radius 2 is 2.35 bits per heavy atom. The minimum Gasteiger partial charge on any atom is -0.361 e. The summed E-state index contributed by atoms with van der Waals surface area (Å²) in [4.78, 5) is 19.0. The number of aromatic nitrogens is 4. The fourth-order valence-corrected chi connectivity index (χ4v) is 3.10. The van der Waals surface area contributed by atoms with E-state index in [0.717, 1.165) is 36.1 Å². The maximum Gasteiger partial charge on any atom is 0.276 e. The molecule has 1 N–H and O–H groups in total. The average Bonchev–Trinajstić information content (AvgIpc) is 3.22. The zero-order valence-corrected chi connectivity index (χ0v) is 12.8. The molecular formula is C16H17N5O2. The number of aryl methyl sites for hydroxylation is 1. The molecule has 0 spiro atoms. The summed E-state index contributed by atoms with van der Waals surface area (Å²) in [6.45, 7) is 3.18. The maximum absolute atomic E-state index is 12.5. The Bertz CT molecular complexity index is 853. The van der Waals surface area contributed by atoms with Crippen LogP contribution in [0.5, 0.6) is 0 Å². The quantitative estimate of drug-likeness (QED) is 0.784. The molecule has 3 aromatic heterocycles. The van der Waals surface area contributed by atoms with Gasteiger partial charge < -0.3 is 9.42 Å². The van der Waals surface area contributed by atoms with Crippen LogP contribution in [0.2, 0.25) is 0 Å². The summed E-state index contributed by atoms with van der Waals surface area (Å²) in [6.07, 6.45) is 3.74. The van der Waals surface area contributed by atoms with E-state index in [-0.39, 0.29) is 11.8 Å². The first-order valence-electron chi connectivity index (χ1n) is 7.73. The van der Waals surface area contributed by atoms with Crippen LogP contribution in [0.25, 0.3) is 11.0 Å². The second-order valence-corrected chi connectivity index (χ2v) is 5.96. The summed E-state index contributed by atoms with van der Waals surface area (Å²) < 4.78 is 5.01. The third-order valence-electron chi connectivity index (χ3n) is 4.30. The normalized spacial score (nSPS) is 18.5. The molecule has 3 aromatic rings. The molecule has 4 rings (SSSR count). The number of likely N-dealkylation sites (tertiary alicyclic amines) is 1. The molecule has 7 heteroatoms. The summed E-state index contributed by atoms with van der Waals surface area (Å²) in [7, 11) is 0. The summed E-state index contributed by atoms with van der Waals surface area (Å²) in [5, 5.41) is 11.7. The summed E-state index contributed by atoms with van der Waals surface area (Å²) in [5.41, 5.74) is 2.16. The molecule has 0 aromatic carbocycles. The van der Waals surface area contributed by atoms with Crippen molar-refractivity contribution < 1.29 is 9.32 Å². The number of nitrogens with zero attached hydrogens (tertiary/aromatic N) is 4. The predicted molar refractivity (Wildman–Crippen MR) is 83.0 cm³/mol. The molecule has 4 heterocycles. The van der Waals surface area contributed by atoms with Gasteiger partial charge in [0.25, 0.3) is 5.91 Å². The summed E-state index contributed by atoms with van der Waals surface area (Å²) >= 11 is 0. The highest BCUT2D eigenvalue weighted by atomic mass is 16.5. The van der Waals surface area contributed by atoms with Gasteiger partial charge >= 0.3 is 0 Å². The Kier molecular flexibility index (Phi) is 3.33. The van der Waals surface area contributed by atoms with Crippen LogP contribution in [0.1, 0.15) is 40.7 Å². The van der Waals surface area contributed by atoms with E-state index in [0.29, 0.717) is 18.0 Å². The lowest BCUT2D eigenvalue weighted by molar-refractivity contribution is 0.0695. The maximum atomic E-state index is 12.5. The van der Waals surface area contributed by atoms with Crippen molar-refractivity contribution in [3.8, 4) is 0 Å². The van der Waals surface area contributed by atoms with Crippen LogP contribution in [-0.2, 0) is 0 Å². The van der Waals surface area contributed by atoms with Crippen LogP contribution in [0.4, 0.5) is 0 Å². The van der Waals surface area contributed by atoms with Gasteiger partial charge in [0.05, 0.1) is 6.20 Å². The Labute approximate surface area is 132 Å². The number of carbonyl (C=O) groups is 1. The van der Waals surface area contributed by atoms with Crippen molar-refractivity contribution in [3.63, 3.8) is 0 Å². The minimum atomic E-state index is -0.0748. The molecule has 0 unspecified atom stereocenters. The Morgan fingerprint density at radius 1 is 1.43 bits per heavy atom. The molecule has 1 aliphatic rings. The van der Waals surface area contributed by atoms with Crippen LogP contribution < -0.4 is 0 Å². The van der Waals surface area contributed by atoms with E-state index in [1.807, 2.05) is 17.0 Å². The standard InChI is InChI=1S/C16H17N5O2/c1-10-7-14(20-23-10)16(22)21-6-2-3-12(9-21)13-5-4-11-8-17-19-15(11)18-13/h4-5,7-8,12H,2-3,6,9H2,1H3,(H,17,18,19)/t12-/m0/s1. The number of rotatable bonds is 2. The molecule has 0 radical (unpaired) electrons. The van der Waals surface area contributed by atoms with Crippen molar-refractivity contribution in [1.29, 1.82) is 0 Å². The van der Waals surface area contributed by atoms with Gasteiger partial charge in [-0.25, -0.2) is 4.98 Å². The van der Waals surface area contributed by atoms with E-state index < -0.39 is 0 Å². The zero-order chi connectivity index (χ0) is 15.8. The van der Waals surface area contributed by atoms with Gasteiger partial charge in [-0.3, -0.25) is 9.89 Å². The molecule has 1 fully saturated rings. The molecule has 1 saturated heterocycles. The number of pyridine rings is 1. The molecule has 1 atom stereocenters. The smallest absolute Gasteiger partial charge is 0.276 e. The molecule has 0 bridgehead atoms. The highest BCUT2D eigenvalue weighted by Crippen LogP contribution is 2.27. The lowest BCUT2D eigenvalue weighted by Gasteiger charge is -2.32. The monoisotopic (exact) mass is 311 g/mol. The summed E-state index contributed by atoms with van der Waals surface area (Å²) in [6, 6.07) is 5.72.